The van der Waals surface area contributed by atoms with Crippen LogP contribution in [-0.4, -0.2) is 6.21 Å². The van der Waals surface area contributed by atoms with Crippen molar-refractivity contribution in [1.82, 2.24) is 0 Å². The number of oxime groups is 1. The van der Waals surface area contributed by atoms with Crippen LogP contribution in [0.2, 0.25) is 0 Å². The summed E-state index contributed by atoms with van der Waals surface area (Å²) in [5.74, 6) is -0.305. The van der Waals surface area contributed by atoms with Gasteiger partial charge in [-0.25, -0.2) is 4.39 Å². The average molecular weight is 243 g/mol. The molecule has 0 bridgehead atoms. The second-order valence-corrected chi connectivity index (χ2v) is 4.02. The Balaban J connectivity index is 1.89. The smallest absolute Gasteiger partial charge is 0.142 e. The first kappa shape index (κ1) is 12.3. The van der Waals surface area contributed by atoms with Gasteiger partial charge in [0.05, 0.1) is 6.21 Å². The Hall–Kier alpha value is -2.16. The molecule has 0 heterocycles. The third-order valence-electron chi connectivity index (χ3n) is 2.52. The topological polar surface area (TPSA) is 21.6 Å². The molecule has 3 heteroatoms. The minimum atomic E-state index is -0.305. The lowest BCUT2D eigenvalue weighted by Crippen LogP contribution is -1.90. The average Bonchev–Trinajstić information content (AvgIpc) is 2.39. The van der Waals surface area contributed by atoms with Crippen molar-refractivity contribution < 1.29 is 9.23 Å². The molecule has 0 saturated carbocycles. The van der Waals surface area contributed by atoms with E-state index in [1.807, 2.05) is 31.2 Å². The van der Waals surface area contributed by atoms with Gasteiger partial charge in [0, 0.05) is 5.56 Å². The molecule has 0 aliphatic heterocycles. The van der Waals surface area contributed by atoms with E-state index < -0.39 is 0 Å². The summed E-state index contributed by atoms with van der Waals surface area (Å²) >= 11 is 0. The van der Waals surface area contributed by atoms with Gasteiger partial charge in [0.25, 0.3) is 0 Å². The van der Waals surface area contributed by atoms with E-state index in [-0.39, 0.29) is 5.82 Å². The normalized spacial score (nSPS) is 10.8. The first-order chi connectivity index (χ1) is 8.75. The first-order valence-corrected chi connectivity index (χ1v) is 5.71. The van der Waals surface area contributed by atoms with Gasteiger partial charge in [0.1, 0.15) is 12.4 Å². The zero-order valence-corrected chi connectivity index (χ0v) is 10.1. The van der Waals surface area contributed by atoms with Crippen molar-refractivity contribution in [3.8, 4) is 0 Å². The molecule has 0 N–H and O–H groups in total. The molecule has 2 rings (SSSR count). The van der Waals surface area contributed by atoms with Crippen LogP contribution in [0, 0.1) is 12.7 Å². The fraction of sp³-hybridized carbons (Fsp3) is 0.133. The Kier molecular flexibility index (Phi) is 4.07. The quantitative estimate of drug-likeness (QED) is 0.593. The highest BCUT2D eigenvalue weighted by Gasteiger charge is 1.96. The maximum absolute atomic E-state index is 13.2. The van der Waals surface area contributed by atoms with Crippen LogP contribution >= 0.6 is 0 Å². The number of halogens is 1. The van der Waals surface area contributed by atoms with Gasteiger partial charge in [-0.2, -0.15) is 0 Å². The minimum absolute atomic E-state index is 0.305. The molecule has 0 saturated heterocycles. The Bertz CT molecular complexity index is 534. The Morgan fingerprint density at radius 3 is 2.56 bits per heavy atom. The second kappa shape index (κ2) is 5.96. The van der Waals surface area contributed by atoms with Crippen LogP contribution in [-0.2, 0) is 11.4 Å². The summed E-state index contributed by atoms with van der Waals surface area (Å²) in [4.78, 5) is 5.12. The number of aryl methyl sites for hydroxylation is 1. The van der Waals surface area contributed by atoms with Crippen LogP contribution in [0.25, 0.3) is 0 Å². The molecule has 92 valence electrons. The number of hydrogen-bond acceptors (Lipinski definition) is 2. The van der Waals surface area contributed by atoms with Crippen LogP contribution in [0.3, 0.4) is 0 Å². The molecule has 18 heavy (non-hydrogen) atoms. The summed E-state index contributed by atoms with van der Waals surface area (Å²) in [5, 5.41) is 3.76. The van der Waals surface area contributed by atoms with Crippen molar-refractivity contribution in [2.75, 3.05) is 0 Å². The molecule has 0 aromatic heterocycles. The highest BCUT2D eigenvalue weighted by molar-refractivity contribution is 5.79. The van der Waals surface area contributed by atoms with Gasteiger partial charge < -0.3 is 4.84 Å². The fourth-order valence-electron chi connectivity index (χ4n) is 1.47. The monoisotopic (exact) mass is 243 g/mol. The van der Waals surface area contributed by atoms with Gasteiger partial charge in [0.2, 0.25) is 0 Å². The van der Waals surface area contributed by atoms with Crippen LogP contribution in [0.15, 0.2) is 53.7 Å². The maximum atomic E-state index is 13.2. The van der Waals surface area contributed by atoms with Crippen molar-refractivity contribution in [1.29, 1.82) is 0 Å². The van der Waals surface area contributed by atoms with Crippen molar-refractivity contribution in [3.63, 3.8) is 0 Å². The van der Waals surface area contributed by atoms with Gasteiger partial charge in [-0.05, 0) is 18.6 Å². The molecule has 0 spiro atoms. The zero-order valence-electron chi connectivity index (χ0n) is 10.1. The standard InChI is InChI=1S/C15H14FNO/c1-12-6-8-13(9-7-12)11-18-17-10-14-4-2-3-5-15(14)16/h2-10H,11H2,1H3. The van der Waals surface area contributed by atoms with E-state index in [2.05, 4.69) is 5.16 Å². The van der Waals surface area contributed by atoms with Gasteiger partial charge in [0.15, 0.2) is 0 Å². The first-order valence-electron chi connectivity index (χ1n) is 5.71. The van der Waals surface area contributed by atoms with Crippen LogP contribution in [0.1, 0.15) is 16.7 Å². The molecular weight excluding hydrogens is 229 g/mol. The van der Waals surface area contributed by atoms with Gasteiger partial charge in [-0.3, -0.25) is 0 Å². The van der Waals surface area contributed by atoms with Crippen LogP contribution < -0.4 is 0 Å². The third kappa shape index (κ3) is 3.42. The van der Waals surface area contributed by atoms with E-state index in [1.165, 1.54) is 17.8 Å². The summed E-state index contributed by atoms with van der Waals surface area (Å²) in [5.41, 5.74) is 2.65. The van der Waals surface area contributed by atoms with Crippen LogP contribution in [0.4, 0.5) is 4.39 Å². The Labute approximate surface area is 106 Å². The number of nitrogens with zero attached hydrogens (tertiary/aromatic N) is 1. The maximum Gasteiger partial charge on any atom is 0.142 e. The van der Waals surface area contributed by atoms with Crippen molar-refractivity contribution in [2.24, 2.45) is 5.16 Å². The van der Waals surface area contributed by atoms with E-state index in [4.69, 9.17) is 4.84 Å². The van der Waals surface area contributed by atoms with Gasteiger partial charge >= 0.3 is 0 Å². The molecule has 0 atom stereocenters. The van der Waals surface area contributed by atoms with E-state index in [0.717, 1.165) is 5.56 Å². The molecule has 0 aliphatic carbocycles. The predicted octanol–water partition coefficient (Wildman–Crippen LogP) is 3.68. The molecule has 0 amide bonds. The molecule has 2 nitrogen and oxygen atoms in total. The van der Waals surface area contributed by atoms with E-state index >= 15 is 0 Å². The number of benzene rings is 2. The zero-order chi connectivity index (χ0) is 12.8. The third-order valence-corrected chi connectivity index (χ3v) is 2.52. The van der Waals surface area contributed by atoms with E-state index in [0.29, 0.717) is 12.2 Å². The Morgan fingerprint density at radius 2 is 1.83 bits per heavy atom. The molecule has 2 aromatic carbocycles. The van der Waals surface area contributed by atoms with Crippen LogP contribution in [0.5, 0.6) is 0 Å². The van der Waals surface area contributed by atoms with Crippen molar-refractivity contribution >= 4 is 6.21 Å². The predicted molar refractivity (Wildman–Crippen MR) is 70.0 cm³/mol. The SMILES string of the molecule is Cc1ccc(CON=Cc2ccccc2F)cc1. The van der Waals surface area contributed by atoms with E-state index in [9.17, 15) is 4.39 Å². The molecule has 2 aromatic rings. The van der Waals surface area contributed by atoms with Gasteiger partial charge in [-0.1, -0.05) is 53.2 Å². The largest absolute Gasteiger partial charge is 0.391 e. The highest BCUT2D eigenvalue weighted by atomic mass is 19.1. The summed E-state index contributed by atoms with van der Waals surface area (Å²) in [6.45, 7) is 2.41. The molecule has 0 fully saturated rings. The lowest BCUT2D eigenvalue weighted by molar-refractivity contribution is 0.132. The lowest BCUT2D eigenvalue weighted by Gasteiger charge is -2.00. The Morgan fingerprint density at radius 1 is 1.11 bits per heavy atom. The fourth-order valence-corrected chi connectivity index (χ4v) is 1.47. The van der Waals surface area contributed by atoms with Crippen molar-refractivity contribution in [3.05, 3.63) is 71.0 Å². The van der Waals surface area contributed by atoms with Gasteiger partial charge in [-0.15, -0.1) is 0 Å². The minimum Gasteiger partial charge on any atom is -0.391 e. The molecule has 0 aliphatic rings. The second-order valence-electron chi connectivity index (χ2n) is 4.02. The molecule has 0 radical (unpaired) electrons. The summed E-state index contributed by atoms with van der Waals surface area (Å²) in [7, 11) is 0. The number of rotatable bonds is 4. The summed E-state index contributed by atoms with van der Waals surface area (Å²) in [6.07, 6.45) is 1.38. The summed E-state index contributed by atoms with van der Waals surface area (Å²) < 4.78 is 13.2. The number of hydrogen-bond donors (Lipinski definition) is 0. The lowest BCUT2D eigenvalue weighted by atomic mass is 10.2. The molecule has 0 unspecified atom stereocenters. The highest BCUT2D eigenvalue weighted by Crippen LogP contribution is 2.06. The van der Waals surface area contributed by atoms with Crippen molar-refractivity contribution in [2.45, 2.75) is 13.5 Å². The molecular formula is C15H14FNO. The summed E-state index contributed by atoms with van der Waals surface area (Å²) in [6, 6.07) is 14.4. The van der Waals surface area contributed by atoms with E-state index in [1.54, 1.807) is 18.2 Å².